The second-order valence-corrected chi connectivity index (χ2v) is 8.72. The van der Waals surface area contributed by atoms with Gasteiger partial charge in [0.2, 0.25) is 15.9 Å². The lowest BCUT2D eigenvalue weighted by Gasteiger charge is -2.17. The molecular weight excluding hydrogens is 432 g/mol. The number of rotatable bonds is 8. The molecule has 0 atom stereocenters. The quantitative estimate of drug-likeness (QED) is 0.483. The number of sulfonamides is 1. The highest BCUT2D eigenvalue weighted by Gasteiger charge is 2.26. The van der Waals surface area contributed by atoms with Crippen molar-refractivity contribution in [2.24, 2.45) is 7.05 Å². The molecule has 0 unspecified atom stereocenters. The Morgan fingerprint density at radius 1 is 1.20 bits per heavy atom. The lowest BCUT2D eigenvalue weighted by molar-refractivity contribution is 0.0427. The first-order valence-corrected chi connectivity index (χ1v) is 11.0. The minimum absolute atomic E-state index is 0.0310. The van der Waals surface area contributed by atoms with Gasteiger partial charge in [-0.1, -0.05) is 25.4 Å². The lowest BCUT2D eigenvalue weighted by atomic mass is 10.2. The van der Waals surface area contributed by atoms with E-state index in [0.717, 1.165) is 0 Å². The zero-order chi connectivity index (χ0) is 21.9. The van der Waals surface area contributed by atoms with Gasteiger partial charge in [0.05, 0.1) is 0 Å². The fourth-order valence-corrected chi connectivity index (χ4v) is 4.47. The minimum Gasteiger partial charge on any atom is -0.451 e. The first kappa shape index (κ1) is 22.0. The molecule has 2 aromatic heterocycles. The van der Waals surface area contributed by atoms with E-state index >= 15 is 0 Å². The van der Waals surface area contributed by atoms with Crippen LogP contribution in [-0.4, -0.2) is 46.5 Å². The fraction of sp³-hybridized carbons (Fsp3) is 0.316. The van der Waals surface area contributed by atoms with Crippen LogP contribution in [0, 0.1) is 0 Å². The number of nitrogens with zero attached hydrogens (tertiary/aromatic N) is 4. The summed E-state index contributed by atoms with van der Waals surface area (Å²) < 4.78 is 38.7. The number of aryl methyl sites for hydroxylation is 1. The molecule has 0 aliphatic rings. The summed E-state index contributed by atoms with van der Waals surface area (Å²) in [7, 11) is -2.11. The van der Waals surface area contributed by atoms with Gasteiger partial charge in [0.25, 0.3) is 5.89 Å². The second kappa shape index (κ2) is 8.99. The highest BCUT2D eigenvalue weighted by Crippen LogP contribution is 2.21. The van der Waals surface area contributed by atoms with Crippen LogP contribution in [-0.2, 0) is 28.4 Å². The van der Waals surface area contributed by atoms with Gasteiger partial charge in [0, 0.05) is 36.9 Å². The maximum absolute atomic E-state index is 12.6. The normalized spacial score (nSPS) is 11.8. The van der Waals surface area contributed by atoms with Gasteiger partial charge >= 0.3 is 5.97 Å². The Hall–Kier alpha value is -2.69. The van der Waals surface area contributed by atoms with Crippen LogP contribution < -0.4 is 0 Å². The Labute approximate surface area is 179 Å². The average molecular weight is 453 g/mol. The molecular formula is C19H21ClN4O5S. The topological polar surface area (TPSA) is 108 Å². The third-order valence-electron chi connectivity index (χ3n) is 4.42. The van der Waals surface area contributed by atoms with Crippen LogP contribution in [0.25, 0.3) is 11.5 Å². The Morgan fingerprint density at radius 2 is 1.87 bits per heavy atom. The number of benzene rings is 1. The number of halogens is 1. The molecule has 0 N–H and O–H groups in total. The molecule has 30 heavy (non-hydrogen) atoms. The van der Waals surface area contributed by atoms with Crippen LogP contribution in [0.3, 0.4) is 0 Å². The minimum atomic E-state index is -3.68. The smallest absolute Gasteiger partial charge is 0.355 e. The van der Waals surface area contributed by atoms with E-state index in [1.54, 1.807) is 45.2 Å². The monoisotopic (exact) mass is 452 g/mol. The summed E-state index contributed by atoms with van der Waals surface area (Å²) >= 11 is 5.86. The maximum atomic E-state index is 12.6. The summed E-state index contributed by atoms with van der Waals surface area (Å²) in [6.07, 6.45) is 1.38. The number of carbonyl (C=O) groups excluding carboxylic acids is 1. The molecule has 3 rings (SSSR count). The van der Waals surface area contributed by atoms with Gasteiger partial charge in [-0.05, 0) is 30.3 Å². The maximum Gasteiger partial charge on any atom is 0.355 e. The third kappa shape index (κ3) is 4.55. The van der Waals surface area contributed by atoms with Gasteiger partial charge in [-0.3, -0.25) is 0 Å². The van der Waals surface area contributed by atoms with Crippen LogP contribution in [0.15, 0.2) is 45.8 Å². The van der Waals surface area contributed by atoms with E-state index in [9.17, 15) is 13.2 Å². The Bertz CT molecular complexity index is 1130. The van der Waals surface area contributed by atoms with Crippen molar-refractivity contribution in [2.45, 2.75) is 25.3 Å². The first-order valence-electron chi connectivity index (χ1n) is 9.18. The Morgan fingerprint density at radius 3 is 2.50 bits per heavy atom. The van der Waals surface area contributed by atoms with Gasteiger partial charge in [0.1, 0.15) is 10.6 Å². The molecule has 1 aromatic carbocycles. The van der Waals surface area contributed by atoms with Crippen LogP contribution in [0.5, 0.6) is 0 Å². The SMILES string of the molecule is CCN(CC)S(=O)(=O)c1cc(C(=O)OCc2nnc(-c3ccc(Cl)cc3)o2)n(C)c1. The van der Waals surface area contributed by atoms with Crippen LogP contribution in [0.4, 0.5) is 0 Å². The van der Waals surface area contributed by atoms with Gasteiger partial charge in [-0.15, -0.1) is 10.2 Å². The molecule has 0 amide bonds. The number of aromatic nitrogens is 3. The largest absolute Gasteiger partial charge is 0.451 e. The Kier molecular flexibility index (Phi) is 6.59. The predicted molar refractivity (Wildman–Crippen MR) is 109 cm³/mol. The van der Waals surface area contributed by atoms with E-state index in [4.69, 9.17) is 20.8 Å². The number of hydrogen-bond donors (Lipinski definition) is 0. The standard InChI is InChI=1S/C19H21ClN4O5S/c1-4-24(5-2)30(26,27)15-10-16(23(3)11-15)19(25)28-12-17-21-22-18(29-17)13-6-8-14(20)9-7-13/h6-11H,4-5,12H2,1-3H3. The van der Waals surface area contributed by atoms with E-state index in [0.29, 0.717) is 23.7 Å². The highest BCUT2D eigenvalue weighted by molar-refractivity contribution is 7.89. The molecule has 3 aromatic rings. The lowest BCUT2D eigenvalue weighted by Crippen LogP contribution is -2.30. The van der Waals surface area contributed by atoms with Gasteiger partial charge in [-0.25, -0.2) is 13.2 Å². The highest BCUT2D eigenvalue weighted by atomic mass is 35.5. The fourth-order valence-electron chi connectivity index (χ4n) is 2.81. The zero-order valence-electron chi connectivity index (χ0n) is 16.7. The van der Waals surface area contributed by atoms with Crippen LogP contribution >= 0.6 is 11.6 Å². The molecule has 0 aliphatic heterocycles. The van der Waals surface area contributed by atoms with E-state index in [2.05, 4.69) is 10.2 Å². The van der Waals surface area contributed by atoms with E-state index < -0.39 is 16.0 Å². The van der Waals surface area contributed by atoms with Crippen LogP contribution in [0.1, 0.15) is 30.2 Å². The molecule has 0 aliphatic carbocycles. The molecule has 0 spiro atoms. The third-order valence-corrected chi connectivity index (χ3v) is 6.68. The summed E-state index contributed by atoms with van der Waals surface area (Å²) in [6.45, 7) is 3.92. The molecule has 0 fully saturated rings. The molecule has 0 radical (unpaired) electrons. The van der Waals surface area contributed by atoms with Crippen molar-refractivity contribution < 1.29 is 22.4 Å². The van der Waals surface area contributed by atoms with Gasteiger partial charge in [0.15, 0.2) is 6.61 Å². The summed E-state index contributed by atoms with van der Waals surface area (Å²) in [5.41, 5.74) is 0.774. The van der Waals surface area contributed by atoms with Crippen molar-refractivity contribution >= 4 is 27.6 Å². The van der Waals surface area contributed by atoms with Crippen molar-refractivity contribution in [1.82, 2.24) is 19.1 Å². The van der Waals surface area contributed by atoms with Crippen molar-refractivity contribution in [3.8, 4) is 11.5 Å². The van der Waals surface area contributed by atoms with Crippen molar-refractivity contribution in [3.63, 3.8) is 0 Å². The van der Waals surface area contributed by atoms with Crippen molar-refractivity contribution in [2.75, 3.05) is 13.1 Å². The summed E-state index contributed by atoms with van der Waals surface area (Å²) in [5, 5.41) is 8.36. The number of carbonyl (C=O) groups is 1. The van der Waals surface area contributed by atoms with Crippen molar-refractivity contribution in [3.05, 3.63) is 53.1 Å². The average Bonchev–Trinajstić information content (AvgIpc) is 3.34. The first-order chi connectivity index (χ1) is 14.3. The van der Waals surface area contributed by atoms with E-state index in [1.165, 1.54) is 21.1 Å². The van der Waals surface area contributed by atoms with Gasteiger partial charge in [-0.2, -0.15) is 4.31 Å². The number of esters is 1. The summed E-state index contributed by atoms with van der Waals surface area (Å²) in [6, 6.07) is 8.14. The van der Waals surface area contributed by atoms with E-state index in [-0.39, 0.29) is 29.0 Å². The molecule has 0 bridgehead atoms. The molecule has 0 saturated carbocycles. The van der Waals surface area contributed by atoms with E-state index in [1.807, 2.05) is 0 Å². The molecule has 11 heteroatoms. The van der Waals surface area contributed by atoms with Crippen molar-refractivity contribution in [1.29, 1.82) is 0 Å². The van der Waals surface area contributed by atoms with Gasteiger partial charge < -0.3 is 13.7 Å². The summed E-state index contributed by atoms with van der Waals surface area (Å²) in [5.74, 6) is -0.326. The second-order valence-electron chi connectivity index (χ2n) is 6.35. The molecule has 9 nitrogen and oxygen atoms in total. The molecule has 2 heterocycles. The molecule has 160 valence electrons. The molecule has 0 saturated heterocycles. The number of hydrogen-bond acceptors (Lipinski definition) is 7. The number of ether oxygens (including phenoxy) is 1. The zero-order valence-corrected chi connectivity index (χ0v) is 18.3. The van der Waals surface area contributed by atoms with Crippen LogP contribution in [0.2, 0.25) is 5.02 Å². The summed E-state index contributed by atoms with van der Waals surface area (Å²) in [4.78, 5) is 12.5. The predicted octanol–water partition coefficient (Wildman–Crippen LogP) is 3.12. The Balaban J connectivity index is 1.70.